The Labute approximate surface area is 194 Å². The van der Waals surface area contributed by atoms with Crippen LogP contribution in [0, 0.1) is 6.92 Å². The minimum Gasteiger partial charge on any atom is -0.494 e. The molecule has 3 aromatic carbocycles. The van der Waals surface area contributed by atoms with Gasteiger partial charge in [-0.25, -0.2) is 0 Å². The van der Waals surface area contributed by atoms with Gasteiger partial charge in [-0.1, -0.05) is 60.2 Å². The Morgan fingerprint density at radius 3 is 2.09 bits per heavy atom. The highest BCUT2D eigenvalue weighted by Crippen LogP contribution is 2.35. The number of hydrogen-bond acceptors (Lipinski definition) is 4. The van der Waals surface area contributed by atoms with Crippen LogP contribution in [0.5, 0.6) is 5.75 Å². The number of nitrogens with zero attached hydrogens (tertiary/aromatic N) is 2. The van der Waals surface area contributed by atoms with Crippen LogP contribution in [0.15, 0.2) is 84.6 Å². The van der Waals surface area contributed by atoms with E-state index in [1.165, 1.54) is 4.90 Å². The first-order valence-electron chi connectivity index (χ1n) is 11.2. The Bertz CT molecular complexity index is 1170. The fraction of sp³-hybridized carbons (Fsp3) is 0.214. The standard InChI is InChI=1S/C28H28N2O3/c1-4-29(23-9-7-6-8-10-23)26-25(22-15-17-24(18-16-22)33-5-2)27(31)30(28(26)32)19-21-13-11-20(3)12-14-21/h6-18H,4-5,19H2,1-3H3. The number of imide groups is 1. The molecule has 0 fully saturated rings. The van der Waals surface area contributed by atoms with Gasteiger partial charge in [0.2, 0.25) is 0 Å². The smallest absolute Gasteiger partial charge is 0.278 e. The number of para-hydroxylation sites is 1. The topological polar surface area (TPSA) is 49.9 Å². The van der Waals surface area contributed by atoms with E-state index in [-0.39, 0.29) is 18.4 Å². The normalized spacial score (nSPS) is 13.6. The predicted octanol–water partition coefficient (Wildman–Crippen LogP) is 5.20. The van der Waals surface area contributed by atoms with Crippen molar-refractivity contribution in [2.75, 3.05) is 18.1 Å². The van der Waals surface area contributed by atoms with E-state index in [0.29, 0.717) is 30.0 Å². The van der Waals surface area contributed by atoms with Gasteiger partial charge in [0, 0.05) is 12.2 Å². The second-order valence-electron chi connectivity index (χ2n) is 7.94. The molecule has 0 unspecified atom stereocenters. The Morgan fingerprint density at radius 1 is 0.818 bits per heavy atom. The molecule has 0 aromatic heterocycles. The molecule has 1 heterocycles. The maximum atomic E-state index is 13.7. The van der Waals surface area contributed by atoms with Crippen LogP contribution in [0.1, 0.15) is 30.5 Å². The predicted molar refractivity (Wildman–Crippen MR) is 131 cm³/mol. The average Bonchev–Trinajstić information content (AvgIpc) is 3.07. The SMILES string of the molecule is CCOc1ccc(C2=C(N(CC)c3ccccc3)C(=O)N(Cc3ccc(C)cc3)C2=O)cc1. The highest BCUT2D eigenvalue weighted by atomic mass is 16.5. The summed E-state index contributed by atoms with van der Waals surface area (Å²) in [4.78, 5) is 30.6. The van der Waals surface area contributed by atoms with Crippen LogP contribution in [-0.4, -0.2) is 29.9 Å². The molecule has 0 atom stereocenters. The molecule has 3 aromatic rings. The summed E-state index contributed by atoms with van der Waals surface area (Å²) in [6, 6.07) is 25.0. The van der Waals surface area contributed by atoms with E-state index in [4.69, 9.17) is 4.74 Å². The number of aryl methyl sites for hydroxylation is 1. The van der Waals surface area contributed by atoms with Crippen LogP contribution in [-0.2, 0) is 16.1 Å². The molecule has 5 nitrogen and oxygen atoms in total. The summed E-state index contributed by atoms with van der Waals surface area (Å²) in [5, 5.41) is 0. The van der Waals surface area contributed by atoms with Gasteiger partial charge in [0.25, 0.3) is 11.8 Å². The second-order valence-corrected chi connectivity index (χ2v) is 7.94. The van der Waals surface area contributed by atoms with Crippen LogP contribution in [0.2, 0.25) is 0 Å². The molecule has 0 aliphatic carbocycles. The van der Waals surface area contributed by atoms with E-state index in [1.54, 1.807) is 0 Å². The number of anilines is 1. The van der Waals surface area contributed by atoms with Crippen molar-refractivity contribution in [3.63, 3.8) is 0 Å². The van der Waals surface area contributed by atoms with Gasteiger partial charge in [0.05, 0.1) is 18.7 Å². The van der Waals surface area contributed by atoms with Crippen LogP contribution < -0.4 is 9.64 Å². The summed E-state index contributed by atoms with van der Waals surface area (Å²) in [5.41, 5.74) is 4.44. The molecule has 0 spiro atoms. The van der Waals surface area contributed by atoms with Crippen molar-refractivity contribution in [3.05, 3.63) is 101 Å². The Hall–Kier alpha value is -3.86. The lowest BCUT2D eigenvalue weighted by atomic mass is 10.0. The van der Waals surface area contributed by atoms with E-state index in [1.807, 2.05) is 105 Å². The van der Waals surface area contributed by atoms with Gasteiger partial charge in [-0.05, 0) is 56.2 Å². The maximum absolute atomic E-state index is 13.7. The first-order valence-corrected chi connectivity index (χ1v) is 11.2. The van der Waals surface area contributed by atoms with Gasteiger partial charge in [-0.15, -0.1) is 0 Å². The van der Waals surface area contributed by atoms with Gasteiger partial charge in [-0.2, -0.15) is 0 Å². The van der Waals surface area contributed by atoms with Crippen molar-refractivity contribution in [1.29, 1.82) is 0 Å². The second kappa shape index (κ2) is 9.74. The number of likely N-dealkylation sites (N-methyl/N-ethyl adjacent to an activating group) is 1. The minimum atomic E-state index is -0.283. The summed E-state index contributed by atoms with van der Waals surface area (Å²) in [6.45, 7) is 7.27. The molecular weight excluding hydrogens is 412 g/mol. The van der Waals surface area contributed by atoms with Crippen LogP contribution in [0.4, 0.5) is 5.69 Å². The van der Waals surface area contributed by atoms with Crippen LogP contribution >= 0.6 is 0 Å². The van der Waals surface area contributed by atoms with E-state index < -0.39 is 0 Å². The van der Waals surface area contributed by atoms with Crippen molar-refractivity contribution in [1.82, 2.24) is 4.90 Å². The van der Waals surface area contributed by atoms with Crippen molar-refractivity contribution in [2.24, 2.45) is 0 Å². The fourth-order valence-corrected chi connectivity index (χ4v) is 4.06. The Morgan fingerprint density at radius 2 is 1.48 bits per heavy atom. The summed E-state index contributed by atoms with van der Waals surface area (Å²) in [5.74, 6) is 0.163. The largest absolute Gasteiger partial charge is 0.494 e. The summed E-state index contributed by atoms with van der Waals surface area (Å²) in [6.07, 6.45) is 0. The molecule has 33 heavy (non-hydrogen) atoms. The number of carbonyl (C=O) groups is 2. The molecule has 1 aliphatic rings. The molecule has 0 bridgehead atoms. The van der Waals surface area contributed by atoms with E-state index in [2.05, 4.69) is 0 Å². The molecule has 5 heteroatoms. The number of carbonyl (C=O) groups excluding carboxylic acids is 2. The Kier molecular flexibility index (Phi) is 6.59. The lowest BCUT2D eigenvalue weighted by molar-refractivity contribution is -0.137. The number of ether oxygens (including phenoxy) is 1. The zero-order valence-corrected chi connectivity index (χ0v) is 19.2. The highest BCUT2D eigenvalue weighted by molar-refractivity contribution is 6.36. The minimum absolute atomic E-state index is 0.230. The number of hydrogen-bond donors (Lipinski definition) is 0. The van der Waals surface area contributed by atoms with Gasteiger partial charge < -0.3 is 9.64 Å². The highest BCUT2D eigenvalue weighted by Gasteiger charge is 2.41. The van der Waals surface area contributed by atoms with Gasteiger partial charge in [0.15, 0.2) is 0 Å². The Balaban J connectivity index is 1.79. The molecule has 0 radical (unpaired) electrons. The number of rotatable bonds is 8. The number of benzene rings is 3. The van der Waals surface area contributed by atoms with Gasteiger partial charge >= 0.3 is 0 Å². The van der Waals surface area contributed by atoms with Crippen molar-refractivity contribution >= 4 is 23.1 Å². The molecule has 0 saturated heterocycles. The molecule has 168 valence electrons. The summed E-state index contributed by atoms with van der Waals surface area (Å²) in [7, 11) is 0. The van der Waals surface area contributed by atoms with Crippen molar-refractivity contribution in [3.8, 4) is 5.75 Å². The zero-order chi connectivity index (χ0) is 23.4. The summed E-state index contributed by atoms with van der Waals surface area (Å²) < 4.78 is 5.56. The van der Waals surface area contributed by atoms with Crippen molar-refractivity contribution in [2.45, 2.75) is 27.3 Å². The molecule has 0 N–H and O–H groups in total. The van der Waals surface area contributed by atoms with E-state index in [0.717, 1.165) is 22.6 Å². The zero-order valence-electron chi connectivity index (χ0n) is 19.2. The molecular formula is C28H28N2O3. The van der Waals surface area contributed by atoms with Crippen molar-refractivity contribution < 1.29 is 14.3 Å². The fourth-order valence-electron chi connectivity index (χ4n) is 4.06. The third-order valence-electron chi connectivity index (χ3n) is 5.71. The quantitative estimate of drug-likeness (QED) is 0.452. The third kappa shape index (κ3) is 4.53. The van der Waals surface area contributed by atoms with E-state index in [9.17, 15) is 9.59 Å². The average molecular weight is 441 g/mol. The third-order valence-corrected chi connectivity index (χ3v) is 5.71. The first-order chi connectivity index (χ1) is 16.0. The molecule has 0 saturated carbocycles. The molecule has 2 amide bonds. The monoisotopic (exact) mass is 440 g/mol. The summed E-state index contributed by atoms with van der Waals surface area (Å²) >= 11 is 0. The maximum Gasteiger partial charge on any atom is 0.278 e. The van der Waals surface area contributed by atoms with Gasteiger partial charge in [-0.3, -0.25) is 14.5 Å². The molecule has 4 rings (SSSR count). The lowest BCUT2D eigenvalue weighted by Gasteiger charge is -2.25. The van der Waals surface area contributed by atoms with Crippen LogP contribution in [0.25, 0.3) is 5.57 Å². The van der Waals surface area contributed by atoms with Crippen LogP contribution in [0.3, 0.4) is 0 Å². The lowest BCUT2D eigenvalue weighted by Crippen LogP contribution is -2.34. The molecule has 1 aliphatic heterocycles. The number of amides is 2. The van der Waals surface area contributed by atoms with Gasteiger partial charge in [0.1, 0.15) is 11.4 Å². The van der Waals surface area contributed by atoms with E-state index >= 15 is 0 Å². The first kappa shape index (κ1) is 22.3.